The first-order valence-corrected chi connectivity index (χ1v) is 10.0. The highest BCUT2D eigenvalue weighted by molar-refractivity contribution is 7.99. The van der Waals surface area contributed by atoms with Gasteiger partial charge in [0.1, 0.15) is 5.82 Å². The number of nitrogens with zero attached hydrogens (tertiary/aromatic N) is 2. The first-order valence-electron chi connectivity index (χ1n) is 9.22. The Labute approximate surface area is 167 Å². The van der Waals surface area contributed by atoms with E-state index < -0.39 is 10.7 Å². The van der Waals surface area contributed by atoms with E-state index in [1.165, 1.54) is 24.3 Å². The van der Waals surface area contributed by atoms with Gasteiger partial charge in [-0.25, -0.2) is 4.39 Å². The molecule has 8 heteroatoms. The Balaban J connectivity index is 1.74. The molecule has 0 bridgehead atoms. The maximum absolute atomic E-state index is 13.9. The highest BCUT2D eigenvalue weighted by Crippen LogP contribution is 2.36. The van der Waals surface area contributed by atoms with Crippen LogP contribution >= 0.6 is 11.8 Å². The quantitative estimate of drug-likeness (QED) is 0.556. The predicted molar refractivity (Wildman–Crippen MR) is 106 cm³/mol. The van der Waals surface area contributed by atoms with E-state index in [9.17, 15) is 19.3 Å². The van der Waals surface area contributed by atoms with Gasteiger partial charge in [0, 0.05) is 29.1 Å². The second-order valence-corrected chi connectivity index (χ2v) is 7.69. The fourth-order valence-electron chi connectivity index (χ4n) is 3.39. The summed E-state index contributed by atoms with van der Waals surface area (Å²) >= 11 is 0.972. The molecule has 1 unspecified atom stereocenters. The number of carbonyl (C=O) groups excluding carboxylic acids is 1. The third kappa shape index (κ3) is 4.69. The molecule has 6 nitrogen and oxygen atoms in total. The molecule has 2 aromatic carbocycles. The molecule has 0 saturated carbocycles. The summed E-state index contributed by atoms with van der Waals surface area (Å²) in [5.41, 5.74) is 0.0163. The maximum atomic E-state index is 13.9. The van der Waals surface area contributed by atoms with E-state index >= 15 is 0 Å². The molecule has 1 atom stereocenters. The number of carbonyl (C=O) groups is 1. The number of nitro benzene ring substituents is 1. The van der Waals surface area contributed by atoms with Gasteiger partial charge in [0.05, 0.1) is 9.82 Å². The highest BCUT2D eigenvalue weighted by Gasteiger charge is 2.24. The van der Waals surface area contributed by atoms with Gasteiger partial charge in [-0.3, -0.25) is 19.8 Å². The van der Waals surface area contributed by atoms with E-state index in [4.69, 9.17) is 0 Å². The van der Waals surface area contributed by atoms with Crippen LogP contribution in [0.2, 0.25) is 0 Å². The van der Waals surface area contributed by atoms with Gasteiger partial charge >= 0.3 is 0 Å². The van der Waals surface area contributed by atoms with Crippen molar-refractivity contribution in [1.82, 2.24) is 10.2 Å². The van der Waals surface area contributed by atoms with Crippen molar-refractivity contribution in [2.45, 2.75) is 35.6 Å². The van der Waals surface area contributed by atoms with Crippen LogP contribution in [0.15, 0.2) is 52.3 Å². The molecular formula is C20H22FN3O3S. The lowest BCUT2D eigenvalue weighted by atomic mass is 10.1. The van der Waals surface area contributed by atoms with Gasteiger partial charge in [0.2, 0.25) is 0 Å². The minimum atomic E-state index is -0.546. The highest BCUT2D eigenvalue weighted by atomic mass is 32.2. The van der Waals surface area contributed by atoms with E-state index in [1.807, 2.05) is 0 Å². The first-order chi connectivity index (χ1) is 13.5. The van der Waals surface area contributed by atoms with Crippen molar-refractivity contribution in [1.29, 1.82) is 0 Å². The summed E-state index contributed by atoms with van der Waals surface area (Å²) in [5.74, 6) is -0.783. The molecule has 1 aliphatic rings. The lowest BCUT2D eigenvalue weighted by molar-refractivity contribution is -0.387. The van der Waals surface area contributed by atoms with E-state index in [1.54, 1.807) is 18.2 Å². The zero-order valence-corrected chi connectivity index (χ0v) is 16.4. The molecule has 1 N–H and O–H groups in total. The second-order valence-electron chi connectivity index (χ2n) is 6.61. The fraction of sp³-hybridized carbons (Fsp3) is 0.350. The van der Waals surface area contributed by atoms with Crippen molar-refractivity contribution in [2.75, 3.05) is 19.6 Å². The molecule has 3 rings (SSSR count). The van der Waals surface area contributed by atoms with Gasteiger partial charge in [-0.1, -0.05) is 30.8 Å². The van der Waals surface area contributed by atoms with Crippen LogP contribution in [0.5, 0.6) is 0 Å². The van der Waals surface area contributed by atoms with E-state index in [2.05, 4.69) is 17.1 Å². The molecule has 1 saturated heterocycles. The van der Waals surface area contributed by atoms with E-state index in [-0.39, 0.29) is 17.2 Å². The Bertz CT molecular complexity index is 878. The van der Waals surface area contributed by atoms with Crippen LogP contribution in [0.1, 0.15) is 30.1 Å². The van der Waals surface area contributed by atoms with Gasteiger partial charge in [0.15, 0.2) is 0 Å². The molecule has 148 valence electrons. The van der Waals surface area contributed by atoms with Crippen LogP contribution in [0.4, 0.5) is 10.1 Å². The average molecular weight is 403 g/mol. The zero-order valence-electron chi connectivity index (χ0n) is 15.6. The Morgan fingerprint density at radius 1 is 1.32 bits per heavy atom. The largest absolute Gasteiger partial charge is 0.350 e. The third-order valence-corrected chi connectivity index (χ3v) is 5.99. The smallest absolute Gasteiger partial charge is 0.284 e. The van der Waals surface area contributed by atoms with Crippen LogP contribution in [0, 0.1) is 15.9 Å². The number of amides is 1. The number of likely N-dealkylation sites (tertiary alicyclic amines) is 1. The molecule has 2 aromatic rings. The Hall–Kier alpha value is -2.45. The standard InChI is InChI=1S/C20H22FN3O3S/c1-2-23-11-5-6-15(23)13-22-20(25)14-9-10-19(17(12-14)24(26)27)28-18-8-4-3-7-16(18)21/h3-4,7-10,12,15H,2,5-6,11,13H2,1H3,(H,22,25). The number of rotatable bonds is 7. The van der Waals surface area contributed by atoms with Crippen molar-refractivity contribution in [3.63, 3.8) is 0 Å². The van der Waals surface area contributed by atoms with Crippen molar-refractivity contribution < 1.29 is 14.1 Å². The summed E-state index contributed by atoms with van der Waals surface area (Å²) in [6.45, 7) is 4.58. The lowest BCUT2D eigenvalue weighted by Crippen LogP contribution is -2.40. The van der Waals surface area contributed by atoms with Gasteiger partial charge in [-0.2, -0.15) is 0 Å². The number of likely N-dealkylation sites (N-methyl/N-ethyl adjacent to an activating group) is 1. The fourth-order valence-corrected chi connectivity index (χ4v) is 4.31. The Morgan fingerprint density at radius 2 is 2.11 bits per heavy atom. The SMILES string of the molecule is CCN1CCCC1CNC(=O)c1ccc(Sc2ccccc2F)c([N+](=O)[O-])c1. The number of nitro groups is 1. The van der Waals surface area contributed by atoms with Crippen molar-refractivity contribution in [3.8, 4) is 0 Å². The van der Waals surface area contributed by atoms with Crippen LogP contribution in [-0.2, 0) is 0 Å². The van der Waals surface area contributed by atoms with Crippen molar-refractivity contribution in [2.24, 2.45) is 0 Å². The van der Waals surface area contributed by atoms with Crippen molar-refractivity contribution >= 4 is 23.4 Å². The molecule has 0 radical (unpaired) electrons. The van der Waals surface area contributed by atoms with E-state index in [0.717, 1.165) is 37.7 Å². The molecule has 1 fully saturated rings. The number of benzene rings is 2. The number of halogens is 1. The van der Waals surface area contributed by atoms with Crippen molar-refractivity contribution in [3.05, 3.63) is 64.0 Å². The summed E-state index contributed by atoms with van der Waals surface area (Å²) in [6.07, 6.45) is 2.15. The molecule has 1 heterocycles. The Kier molecular flexibility index (Phi) is 6.64. The first kappa shape index (κ1) is 20.3. The number of nitrogens with one attached hydrogen (secondary N) is 1. The molecule has 0 aromatic heterocycles. The summed E-state index contributed by atoms with van der Waals surface area (Å²) in [7, 11) is 0. The van der Waals surface area contributed by atoms with Gasteiger partial charge in [-0.15, -0.1) is 0 Å². The van der Waals surface area contributed by atoms with Gasteiger partial charge in [-0.05, 0) is 50.2 Å². The maximum Gasteiger partial charge on any atom is 0.284 e. The predicted octanol–water partition coefficient (Wildman–Crippen LogP) is 4.10. The van der Waals surface area contributed by atoms with Crippen LogP contribution in [0.25, 0.3) is 0 Å². The molecular weight excluding hydrogens is 381 g/mol. The third-order valence-electron chi connectivity index (χ3n) is 4.88. The van der Waals surface area contributed by atoms with Crippen LogP contribution in [0.3, 0.4) is 0 Å². The molecule has 28 heavy (non-hydrogen) atoms. The minimum absolute atomic E-state index is 0.211. The summed E-state index contributed by atoms with van der Waals surface area (Å²) in [6, 6.07) is 10.7. The Morgan fingerprint density at radius 3 is 2.82 bits per heavy atom. The summed E-state index contributed by atoms with van der Waals surface area (Å²) < 4.78 is 13.9. The van der Waals surface area contributed by atoms with Gasteiger partial charge < -0.3 is 5.32 Å². The molecule has 0 spiro atoms. The molecule has 0 aliphatic carbocycles. The second kappa shape index (κ2) is 9.16. The molecule has 1 aliphatic heterocycles. The number of hydrogen-bond donors (Lipinski definition) is 1. The minimum Gasteiger partial charge on any atom is -0.350 e. The normalized spacial score (nSPS) is 16.9. The van der Waals surface area contributed by atoms with Crippen LogP contribution < -0.4 is 5.32 Å². The zero-order chi connectivity index (χ0) is 20.1. The van der Waals surface area contributed by atoms with E-state index in [0.29, 0.717) is 22.4 Å². The molecule has 1 amide bonds. The number of hydrogen-bond acceptors (Lipinski definition) is 5. The lowest BCUT2D eigenvalue weighted by Gasteiger charge is -2.22. The summed E-state index contributed by atoms with van der Waals surface area (Å²) in [4.78, 5) is 26.3. The topological polar surface area (TPSA) is 75.5 Å². The average Bonchev–Trinajstić information content (AvgIpc) is 3.15. The monoisotopic (exact) mass is 403 g/mol. The van der Waals surface area contributed by atoms with Crippen LogP contribution in [-0.4, -0.2) is 41.4 Å². The van der Waals surface area contributed by atoms with Gasteiger partial charge in [0.25, 0.3) is 11.6 Å². The summed E-state index contributed by atoms with van der Waals surface area (Å²) in [5, 5.41) is 14.4.